The van der Waals surface area contributed by atoms with Gasteiger partial charge >= 0.3 is 0 Å². The predicted molar refractivity (Wildman–Crippen MR) is 82.5 cm³/mol. The molecule has 0 radical (unpaired) electrons. The molecule has 0 aliphatic heterocycles. The van der Waals surface area contributed by atoms with Crippen molar-refractivity contribution in [1.82, 2.24) is 5.32 Å². The number of carbonyl (C=O) groups excluding carboxylic acids is 1. The van der Waals surface area contributed by atoms with Gasteiger partial charge in [-0.3, -0.25) is 4.79 Å². The molecule has 0 bridgehead atoms. The third-order valence-corrected chi connectivity index (χ3v) is 4.25. The van der Waals surface area contributed by atoms with Gasteiger partial charge in [-0.25, -0.2) is 0 Å². The molecule has 1 aliphatic rings. The first-order valence-electron chi connectivity index (χ1n) is 7.83. The van der Waals surface area contributed by atoms with Crippen molar-refractivity contribution in [1.29, 1.82) is 0 Å². The van der Waals surface area contributed by atoms with Crippen molar-refractivity contribution >= 4 is 5.91 Å². The van der Waals surface area contributed by atoms with E-state index in [1.54, 1.807) is 6.07 Å². The summed E-state index contributed by atoms with van der Waals surface area (Å²) >= 11 is 0. The van der Waals surface area contributed by atoms with Gasteiger partial charge in [0.25, 0.3) is 5.91 Å². The van der Waals surface area contributed by atoms with E-state index in [2.05, 4.69) is 5.32 Å². The Morgan fingerprint density at radius 1 is 1.43 bits per heavy atom. The van der Waals surface area contributed by atoms with Gasteiger partial charge in [-0.05, 0) is 37.3 Å². The minimum Gasteiger partial charge on any atom is -0.490 e. The topological polar surface area (TPSA) is 58.6 Å². The van der Waals surface area contributed by atoms with Gasteiger partial charge in [-0.15, -0.1) is 0 Å². The number of benzene rings is 1. The average Bonchev–Trinajstić information content (AvgIpc) is 2.47. The summed E-state index contributed by atoms with van der Waals surface area (Å²) in [4.78, 5) is 12.3. The molecule has 2 rings (SSSR count). The molecule has 4 nitrogen and oxygen atoms in total. The second-order valence-electron chi connectivity index (χ2n) is 5.83. The van der Waals surface area contributed by atoms with Crippen LogP contribution in [0.5, 0.6) is 5.75 Å². The largest absolute Gasteiger partial charge is 0.490 e. The van der Waals surface area contributed by atoms with Gasteiger partial charge in [-0.2, -0.15) is 0 Å². The van der Waals surface area contributed by atoms with E-state index in [-0.39, 0.29) is 24.5 Å². The lowest BCUT2D eigenvalue weighted by molar-refractivity contribution is 0.0833. The zero-order chi connectivity index (χ0) is 15.2. The van der Waals surface area contributed by atoms with Crippen LogP contribution in [0.2, 0.25) is 0 Å². The Balaban J connectivity index is 1.95. The summed E-state index contributed by atoms with van der Waals surface area (Å²) < 4.78 is 5.85. The fourth-order valence-electron chi connectivity index (χ4n) is 2.19. The Kier molecular flexibility index (Phi) is 5.62. The summed E-state index contributed by atoms with van der Waals surface area (Å²) in [5.74, 6) is 0.622. The van der Waals surface area contributed by atoms with Crippen LogP contribution in [-0.2, 0) is 0 Å². The van der Waals surface area contributed by atoms with Crippen molar-refractivity contribution in [3.8, 4) is 5.75 Å². The molecule has 4 heteroatoms. The Morgan fingerprint density at radius 3 is 2.76 bits per heavy atom. The SMILES string of the molecule is CCC(C)C(O)CNC(=O)c1ccccc1OC1CCC1. The van der Waals surface area contributed by atoms with E-state index < -0.39 is 6.10 Å². The Hall–Kier alpha value is -1.55. The number of rotatable bonds is 7. The van der Waals surface area contributed by atoms with Crippen molar-refractivity contribution in [2.24, 2.45) is 5.92 Å². The van der Waals surface area contributed by atoms with Crippen molar-refractivity contribution in [3.63, 3.8) is 0 Å². The first-order valence-corrected chi connectivity index (χ1v) is 7.83. The van der Waals surface area contributed by atoms with Crippen LogP contribution in [0.15, 0.2) is 24.3 Å². The molecule has 0 spiro atoms. The van der Waals surface area contributed by atoms with Crippen LogP contribution < -0.4 is 10.1 Å². The Labute approximate surface area is 126 Å². The van der Waals surface area contributed by atoms with Gasteiger partial charge in [0, 0.05) is 6.54 Å². The second kappa shape index (κ2) is 7.46. The number of nitrogens with one attached hydrogen (secondary N) is 1. The monoisotopic (exact) mass is 291 g/mol. The molecule has 21 heavy (non-hydrogen) atoms. The number of para-hydroxylation sites is 1. The molecule has 1 fully saturated rings. The second-order valence-corrected chi connectivity index (χ2v) is 5.83. The standard InChI is InChI=1S/C17H25NO3/c1-3-12(2)15(19)11-18-17(20)14-9-4-5-10-16(14)21-13-7-6-8-13/h4-5,9-10,12-13,15,19H,3,6-8,11H2,1-2H3,(H,18,20). The van der Waals surface area contributed by atoms with E-state index in [1.165, 1.54) is 6.42 Å². The molecule has 1 aromatic rings. The minimum atomic E-state index is -0.515. The molecule has 1 aliphatic carbocycles. The molecule has 0 saturated heterocycles. The normalized spacial score (nSPS) is 17.7. The van der Waals surface area contributed by atoms with Crippen molar-refractivity contribution < 1.29 is 14.6 Å². The molecule has 1 amide bonds. The average molecular weight is 291 g/mol. The molecular formula is C17H25NO3. The van der Waals surface area contributed by atoms with Crippen LogP contribution in [0.4, 0.5) is 0 Å². The Bertz CT molecular complexity index is 471. The first kappa shape index (κ1) is 15.8. The number of hydrogen-bond donors (Lipinski definition) is 2. The highest BCUT2D eigenvalue weighted by Crippen LogP contribution is 2.27. The lowest BCUT2D eigenvalue weighted by atomic mass is 9.96. The highest BCUT2D eigenvalue weighted by molar-refractivity contribution is 5.96. The molecular weight excluding hydrogens is 266 g/mol. The summed E-state index contributed by atoms with van der Waals surface area (Å²) in [6, 6.07) is 7.30. The maximum atomic E-state index is 12.3. The fraction of sp³-hybridized carbons (Fsp3) is 0.588. The quantitative estimate of drug-likeness (QED) is 0.812. The molecule has 1 aromatic carbocycles. The number of amides is 1. The molecule has 0 aromatic heterocycles. The third-order valence-electron chi connectivity index (χ3n) is 4.25. The van der Waals surface area contributed by atoms with Crippen LogP contribution in [0, 0.1) is 5.92 Å². The first-order chi connectivity index (χ1) is 10.1. The van der Waals surface area contributed by atoms with Gasteiger partial charge in [0.2, 0.25) is 0 Å². The van der Waals surface area contributed by atoms with Gasteiger partial charge in [0.05, 0.1) is 17.8 Å². The zero-order valence-corrected chi connectivity index (χ0v) is 12.8. The third kappa shape index (κ3) is 4.21. The summed E-state index contributed by atoms with van der Waals surface area (Å²) in [5, 5.41) is 12.7. The molecule has 1 saturated carbocycles. The summed E-state index contributed by atoms with van der Waals surface area (Å²) in [6.07, 6.45) is 3.92. The number of aliphatic hydroxyl groups excluding tert-OH is 1. The maximum Gasteiger partial charge on any atom is 0.255 e. The van der Waals surface area contributed by atoms with Gasteiger partial charge in [-0.1, -0.05) is 32.4 Å². The van der Waals surface area contributed by atoms with Gasteiger partial charge < -0.3 is 15.2 Å². The van der Waals surface area contributed by atoms with E-state index in [9.17, 15) is 9.90 Å². The Morgan fingerprint density at radius 2 is 2.14 bits per heavy atom. The van der Waals surface area contributed by atoms with Crippen LogP contribution in [-0.4, -0.2) is 29.8 Å². The number of carbonyl (C=O) groups is 1. The predicted octanol–water partition coefficient (Wildman–Crippen LogP) is 2.75. The van der Waals surface area contributed by atoms with E-state index in [1.807, 2.05) is 32.0 Å². The zero-order valence-electron chi connectivity index (χ0n) is 12.8. The van der Waals surface area contributed by atoms with Crippen molar-refractivity contribution in [2.75, 3.05) is 6.54 Å². The van der Waals surface area contributed by atoms with Crippen molar-refractivity contribution in [2.45, 2.75) is 51.7 Å². The highest BCUT2D eigenvalue weighted by atomic mass is 16.5. The smallest absolute Gasteiger partial charge is 0.255 e. The van der Waals surface area contributed by atoms with E-state index >= 15 is 0 Å². The van der Waals surface area contributed by atoms with Crippen LogP contribution >= 0.6 is 0 Å². The number of ether oxygens (including phenoxy) is 1. The number of hydrogen-bond acceptors (Lipinski definition) is 3. The fourth-order valence-corrected chi connectivity index (χ4v) is 2.19. The van der Waals surface area contributed by atoms with Crippen LogP contribution in [0.25, 0.3) is 0 Å². The van der Waals surface area contributed by atoms with E-state index in [0.29, 0.717) is 11.3 Å². The molecule has 2 atom stereocenters. The van der Waals surface area contributed by atoms with Crippen molar-refractivity contribution in [3.05, 3.63) is 29.8 Å². The lowest BCUT2D eigenvalue weighted by Gasteiger charge is -2.27. The maximum absolute atomic E-state index is 12.3. The molecule has 0 heterocycles. The molecule has 2 unspecified atom stereocenters. The number of aliphatic hydroxyl groups is 1. The van der Waals surface area contributed by atoms with E-state index in [0.717, 1.165) is 19.3 Å². The molecule has 116 valence electrons. The van der Waals surface area contributed by atoms with Gasteiger partial charge in [0.1, 0.15) is 5.75 Å². The molecule has 2 N–H and O–H groups in total. The summed E-state index contributed by atoms with van der Waals surface area (Å²) in [7, 11) is 0. The summed E-state index contributed by atoms with van der Waals surface area (Å²) in [6.45, 7) is 4.27. The lowest BCUT2D eigenvalue weighted by Crippen LogP contribution is -2.35. The summed E-state index contributed by atoms with van der Waals surface area (Å²) in [5.41, 5.74) is 0.542. The minimum absolute atomic E-state index is 0.173. The van der Waals surface area contributed by atoms with Gasteiger partial charge in [0.15, 0.2) is 0 Å². The van der Waals surface area contributed by atoms with Crippen LogP contribution in [0.3, 0.4) is 0 Å². The van der Waals surface area contributed by atoms with Crippen LogP contribution in [0.1, 0.15) is 49.9 Å². The highest BCUT2D eigenvalue weighted by Gasteiger charge is 2.22. The van der Waals surface area contributed by atoms with E-state index in [4.69, 9.17) is 4.74 Å².